The van der Waals surface area contributed by atoms with Crippen molar-refractivity contribution in [2.75, 3.05) is 7.11 Å². The Morgan fingerprint density at radius 1 is 1.14 bits per heavy atom. The Labute approximate surface area is 134 Å². The van der Waals surface area contributed by atoms with Crippen molar-refractivity contribution in [3.05, 3.63) is 65.3 Å². The van der Waals surface area contributed by atoms with Gasteiger partial charge in [0.05, 0.1) is 24.2 Å². The maximum absolute atomic E-state index is 6.33. The van der Waals surface area contributed by atoms with E-state index in [4.69, 9.17) is 22.1 Å². The van der Waals surface area contributed by atoms with Gasteiger partial charge < -0.3 is 10.5 Å². The Kier molecular flexibility index (Phi) is 4.13. The first kappa shape index (κ1) is 14.6. The zero-order valence-electron chi connectivity index (χ0n) is 12.2. The SMILES string of the molecule is COc1cccc(-n2nc(CN)cc2-c2ccccc2Cl)c1. The minimum Gasteiger partial charge on any atom is -0.497 e. The van der Waals surface area contributed by atoms with E-state index in [0.717, 1.165) is 28.4 Å². The van der Waals surface area contributed by atoms with Gasteiger partial charge in [0, 0.05) is 23.2 Å². The molecule has 2 aromatic carbocycles. The molecule has 112 valence electrons. The van der Waals surface area contributed by atoms with Crippen LogP contribution in [0, 0.1) is 0 Å². The van der Waals surface area contributed by atoms with E-state index in [0.29, 0.717) is 11.6 Å². The van der Waals surface area contributed by atoms with Crippen molar-refractivity contribution in [3.63, 3.8) is 0 Å². The summed E-state index contributed by atoms with van der Waals surface area (Å²) in [5, 5.41) is 5.25. The Morgan fingerprint density at radius 3 is 2.68 bits per heavy atom. The molecule has 0 bridgehead atoms. The fourth-order valence-electron chi connectivity index (χ4n) is 2.33. The van der Waals surface area contributed by atoms with Gasteiger partial charge in [-0.15, -0.1) is 0 Å². The number of benzene rings is 2. The fraction of sp³-hybridized carbons (Fsp3) is 0.118. The number of nitrogens with two attached hydrogens (primary N) is 1. The summed E-state index contributed by atoms with van der Waals surface area (Å²) < 4.78 is 7.13. The van der Waals surface area contributed by atoms with Crippen molar-refractivity contribution in [2.24, 2.45) is 5.73 Å². The summed E-state index contributed by atoms with van der Waals surface area (Å²) in [6, 6.07) is 17.4. The Morgan fingerprint density at radius 2 is 1.95 bits per heavy atom. The highest BCUT2D eigenvalue weighted by molar-refractivity contribution is 6.33. The Balaban J connectivity index is 2.19. The summed E-state index contributed by atoms with van der Waals surface area (Å²) in [6.45, 7) is 0.369. The van der Waals surface area contributed by atoms with Crippen LogP contribution in [0.25, 0.3) is 16.9 Å². The van der Waals surface area contributed by atoms with Crippen LogP contribution in [0.15, 0.2) is 54.6 Å². The molecule has 3 aromatic rings. The highest BCUT2D eigenvalue weighted by Gasteiger charge is 2.13. The first-order valence-electron chi connectivity index (χ1n) is 6.91. The number of hydrogen-bond donors (Lipinski definition) is 1. The third kappa shape index (κ3) is 2.71. The van der Waals surface area contributed by atoms with Gasteiger partial charge in [-0.25, -0.2) is 4.68 Å². The molecule has 0 saturated heterocycles. The molecule has 0 fully saturated rings. The lowest BCUT2D eigenvalue weighted by Gasteiger charge is -2.10. The van der Waals surface area contributed by atoms with E-state index in [1.54, 1.807) is 7.11 Å². The van der Waals surface area contributed by atoms with E-state index >= 15 is 0 Å². The van der Waals surface area contributed by atoms with Crippen molar-refractivity contribution in [3.8, 4) is 22.7 Å². The van der Waals surface area contributed by atoms with Crippen LogP contribution in [-0.2, 0) is 6.54 Å². The molecule has 0 amide bonds. The molecule has 0 spiro atoms. The van der Waals surface area contributed by atoms with Crippen molar-refractivity contribution >= 4 is 11.6 Å². The first-order valence-corrected chi connectivity index (χ1v) is 7.29. The summed E-state index contributed by atoms with van der Waals surface area (Å²) in [5.74, 6) is 0.771. The molecule has 0 aliphatic carbocycles. The normalized spacial score (nSPS) is 10.7. The number of ether oxygens (including phenoxy) is 1. The predicted octanol–water partition coefficient (Wildman–Crippen LogP) is 3.66. The van der Waals surface area contributed by atoms with Crippen LogP contribution in [0.3, 0.4) is 0 Å². The second-order valence-corrected chi connectivity index (χ2v) is 5.23. The standard InChI is InChI=1S/C17H16ClN3O/c1-22-14-6-4-5-13(10-14)21-17(9-12(11-19)20-21)15-7-2-3-8-16(15)18/h2-10H,11,19H2,1H3. The van der Waals surface area contributed by atoms with Crippen molar-refractivity contribution in [1.29, 1.82) is 0 Å². The molecule has 22 heavy (non-hydrogen) atoms. The molecule has 3 rings (SSSR count). The Hall–Kier alpha value is -2.30. The zero-order chi connectivity index (χ0) is 15.5. The lowest BCUT2D eigenvalue weighted by Crippen LogP contribution is -2.02. The van der Waals surface area contributed by atoms with E-state index in [1.807, 2.05) is 59.3 Å². The van der Waals surface area contributed by atoms with Gasteiger partial charge in [0.25, 0.3) is 0 Å². The van der Waals surface area contributed by atoms with Crippen LogP contribution in [0.2, 0.25) is 5.02 Å². The summed E-state index contributed by atoms with van der Waals surface area (Å²) in [5.41, 5.74) is 9.27. The van der Waals surface area contributed by atoms with Crippen molar-refractivity contribution in [2.45, 2.75) is 6.54 Å². The molecule has 0 atom stereocenters. The average molecular weight is 314 g/mol. The summed E-state index contributed by atoms with van der Waals surface area (Å²) in [7, 11) is 1.64. The number of nitrogens with zero attached hydrogens (tertiary/aromatic N) is 2. The third-order valence-corrected chi connectivity index (χ3v) is 3.75. The molecular weight excluding hydrogens is 298 g/mol. The fourth-order valence-corrected chi connectivity index (χ4v) is 2.56. The van der Waals surface area contributed by atoms with Crippen LogP contribution >= 0.6 is 11.6 Å². The number of hydrogen-bond acceptors (Lipinski definition) is 3. The number of methoxy groups -OCH3 is 1. The van der Waals surface area contributed by atoms with E-state index in [9.17, 15) is 0 Å². The van der Waals surface area contributed by atoms with Gasteiger partial charge in [-0.3, -0.25) is 0 Å². The van der Waals surface area contributed by atoms with Gasteiger partial charge in [-0.2, -0.15) is 5.10 Å². The minimum absolute atomic E-state index is 0.369. The number of halogens is 1. The summed E-state index contributed by atoms with van der Waals surface area (Å²) in [4.78, 5) is 0. The smallest absolute Gasteiger partial charge is 0.121 e. The second kappa shape index (κ2) is 6.22. The van der Waals surface area contributed by atoms with Gasteiger partial charge in [0.2, 0.25) is 0 Å². The topological polar surface area (TPSA) is 53.1 Å². The highest BCUT2D eigenvalue weighted by Crippen LogP contribution is 2.30. The van der Waals surface area contributed by atoms with E-state index in [2.05, 4.69) is 5.10 Å². The molecule has 0 saturated carbocycles. The molecular formula is C17H16ClN3O. The van der Waals surface area contributed by atoms with Gasteiger partial charge in [0.1, 0.15) is 5.75 Å². The molecule has 2 N–H and O–H groups in total. The van der Waals surface area contributed by atoms with Crippen LogP contribution in [-0.4, -0.2) is 16.9 Å². The van der Waals surface area contributed by atoms with Crippen LogP contribution < -0.4 is 10.5 Å². The van der Waals surface area contributed by atoms with Crippen LogP contribution in [0.5, 0.6) is 5.75 Å². The lowest BCUT2D eigenvalue weighted by atomic mass is 10.1. The van der Waals surface area contributed by atoms with Crippen LogP contribution in [0.1, 0.15) is 5.69 Å². The van der Waals surface area contributed by atoms with Gasteiger partial charge in [-0.1, -0.05) is 35.9 Å². The van der Waals surface area contributed by atoms with E-state index < -0.39 is 0 Å². The molecule has 1 aromatic heterocycles. The lowest BCUT2D eigenvalue weighted by molar-refractivity contribution is 0.414. The zero-order valence-corrected chi connectivity index (χ0v) is 12.9. The number of rotatable bonds is 4. The molecule has 0 aliphatic rings. The van der Waals surface area contributed by atoms with Gasteiger partial charge in [-0.05, 0) is 24.3 Å². The average Bonchev–Trinajstić information content (AvgIpc) is 2.99. The molecule has 0 radical (unpaired) electrons. The van der Waals surface area contributed by atoms with Crippen molar-refractivity contribution < 1.29 is 4.74 Å². The molecule has 4 nitrogen and oxygen atoms in total. The predicted molar refractivity (Wildman–Crippen MR) is 88.5 cm³/mol. The second-order valence-electron chi connectivity index (χ2n) is 4.82. The quantitative estimate of drug-likeness (QED) is 0.799. The van der Waals surface area contributed by atoms with Gasteiger partial charge >= 0.3 is 0 Å². The molecule has 1 heterocycles. The number of aromatic nitrogens is 2. The van der Waals surface area contributed by atoms with Gasteiger partial charge in [0.15, 0.2) is 0 Å². The highest BCUT2D eigenvalue weighted by atomic mass is 35.5. The summed E-state index contributed by atoms with van der Waals surface area (Å²) in [6.07, 6.45) is 0. The maximum atomic E-state index is 6.33. The molecule has 0 unspecified atom stereocenters. The Bertz CT molecular complexity index is 798. The summed E-state index contributed by atoms with van der Waals surface area (Å²) >= 11 is 6.33. The van der Waals surface area contributed by atoms with Crippen molar-refractivity contribution in [1.82, 2.24) is 9.78 Å². The maximum Gasteiger partial charge on any atom is 0.121 e. The minimum atomic E-state index is 0.369. The monoisotopic (exact) mass is 313 g/mol. The van der Waals surface area contributed by atoms with E-state index in [-0.39, 0.29) is 0 Å². The van der Waals surface area contributed by atoms with Crippen LogP contribution in [0.4, 0.5) is 0 Å². The van der Waals surface area contributed by atoms with E-state index in [1.165, 1.54) is 0 Å². The largest absolute Gasteiger partial charge is 0.497 e. The molecule has 0 aliphatic heterocycles. The first-order chi connectivity index (χ1) is 10.7. The third-order valence-electron chi connectivity index (χ3n) is 3.42. The molecule has 5 heteroatoms.